The van der Waals surface area contributed by atoms with E-state index in [0.29, 0.717) is 6.54 Å². The van der Waals surface area contributed by atoms with E-state index in [9.17, 15) is 0 Å². The van der Waals surface area contributed by atoms with E-state index in [1.54, 1.807) is 0 Å². The van der Waals surface area contributed by atoms with E-state index in [0.717, 1.165) is 5.56 Å². The Morgan fingerprint density at radius 1 is 1.50 bits per heavy atom. The van der Waals surface area contributed by atoms with Crippen LogP contribution in [0, 0.1) is 19.3 Å². The second-order valence-corrected chi connectivity index (χ2v) is 2.53. The van der Waals surface area contributed by atoms with Crippen LogP contribution < -0.4 is 0 Å². The molecule has 0 aromatic heterocycles. The molecule has 0 N–H and O–H groups in total. The lowest BCUT2D eigenvalue weighted by Gasteiger charge is -1.96. The molecule has 0 unspecified atom stereocenters. The maximum atomic E-state index is 5.07. The third kappa shape index (κ3) is 2.25. The van der Waals surface area contributed by atoms with Crippen molar-refractivity contribution >= 4 is 6.21 Å². The highest BCUT2D eigenvalue weighted by Gasteiger charge is 1.89. The minimum absolute atomic E-state index is 0.453. The quantitative estimate of drug-likeness (QED) is 0.460. The molecular weight excluding hydrogens is 146 g/mol. The normalized spacial score (nSPS) is 10.0. The first-order valence-corrected chi connectivity index (χ1v) is 3.83. The van der Waals surface area contributed by atoms with Gasteiger partial charge in [0, 0.05) is 6.21 Å². The Labute approximate surface area is 73.2 Å². The van der Waals surface area contributed by atoms with Crippen molar-refractivity contribution in [3.05, 3.63) is 35.4 Å². The van der Waals surface area contributed by atoms with E-state index in [4.69, 9.17) is 6.42 Å². The van der Waals surface area contributed by atoms with E-state index in [-0.39, 0.29) is 0 Å². The number of benzene rings is 1. The molecule has 0 bridgehead atoms. The third-order valence-corrected chi connectivity index (χ3v) is 1.60. The summed E-state index contributed by atoms with van der Waals surface area (Å²) in [6, 6.07) is 8.07. The lowest BCUT2D eigenvalue weighted by Crippen LogP contribution is -1.86. The summed E-state index contributed by atoms with van der Waals surface area (Å²) in [5.41, 5.74) is 2.35. The smallest absolute Gasteiger partial charge is 0.0995 e. The molecule has 0 aliphatic rings. The number of aryl methyl sites for hydroxylation is 1. The van der Waals surface area contributed by atoms with Crippen molar-refractivity contribution in [2.45, 2.75) is 6.92 Å². The Balaban J connectivity index is 2.77. The SMILES string of the molecule is C#CCN=Cc1ccccc1C. The van der Waals surface area contributed by atoms with Gasteiger partial charge in [0.15, 0.2) is 0 Å². The Kier molecular flexibility index (Phi) is 3.10. The number of nitrogens with zero attached hydrogens (tertiary/aromatic N) is 1. The van der Waals surface area contributed by atoms with Crippen LogP contribution in [0.3, 0.4) is 0 Å². The van der Waals surface area contributed by atoms with Gasteiger partial charge in [0.25, 0.3) is 0 Å². The van der Waals surface area contributed by atoms with E-state index in [1.807, 2.05) is 24.4 Å². The summed E-state index contributed by atoms with van der Waals surface area (Å²) in [5.74, 6) is 2.46. The fraction of sp³-hybridized carbons (Fsp3) is 0.182. The summed E-state index contributed by atoms with van der Waals surface area (Å²) in [6.45, 7) is 2.51. The van der Waals surface area contributed by atoms with Crippen molar-refractivity contribution in [2.75, 3.05) is 6.54 Å². The molecule has 0 amide bonds. The van der Waals surface area contributed by atoms with Crippen LogP contribution >= 0.6 is 0 Å². The molecule has 0 fully saturated rings. The highest BCUT2D eigenvalue weighted by molar-refractivity contribution is 5.81. The van der Waals surface area contributed by atoms with E-state index < -0.39 is 0 Å². The standard InChI is InChI=1S/C11H11N/c1-3-8-12-9-11-7-5-4-6-10(11)2/h1,4-7,9H,8H2,2H3. The maximum absolute atomic E-state index is 5.07. The van der Waals surface area contributed by atoms with Gasteiger partial charge in [-0.1, -0.05) is 30.2 Å². The fourth-order valence-electron chi connectivity index (χ4n) is 0.928. The molecule has 1 heteroatoms. The number of terminal acetylenes is 1. The van der Waals surface area contributed by atoms with Gasteiger partial charge in [0.1, 0.15) is 0 Å². The third-order valence-electron chi connectivity index (χ3n) is 1.60. The average Bonchev–Trinajstić information content (AvgIpc) is 2.09. The summed E-state index contributed by atoms with van der Waals surface area (Å²) in [6.07, 6.45) is 6.88. The lowest BCUT2D eigenvalue weighted by atomic mass is 10.1. The molecule has 0 saturated carbocycles. The van der Waals surface area contributed by atoms with Crippen molar-refractivity contribution in [3.63, 3.8) is 0 Å². The first kappa shape index (κ1) is 8.55. The molecular formula is C11H11N. The predicted octanol–water partition coefficient (Wildman–Crippen LogP) is 2.05. The Bertz CT molecular complexity index is 318. The molecule has 1 aromatic carbocycles. The largest absolute Gasteiger partial charge is 0.280 e. The van der Waals surface area contributed by atoms with Crippen LogP contribution in [0.25, 0.3) is 0 Å². The zero-order chi connectivity index (χ0) is 8.81. The summed E-state index contributed by atoms with van der Waals surface area (Å²) in [4.78, 5) is 4.06. The Morgan fingerprint density at radius 3 is 2.92 bits per heavy atom. The van der Waals surface area contributed by atoms with E-state index >= 15 is 0 Å². The number of hydrogen-bond acceptors (Lipinski definition) is 1. The Hall–Kier alpha value is -1.55. The molecule has 0 aliphatic carbocycles. The molecule has 1 nitrogen and oxygen atoms in total. The van der Waals surface area contributed by atoms with Gasteiger partial charge < -0.3 is 0 Å². The van der Waals surface area contributed by atoms with Gasteiger partial charge >= 0.3 is 0 Å². The molecule has 0 atom stereocenters. The van der Waals surface area contributed by atoms with Crippen LogP contribution in [-0.4, -0.2) is 12.8 Å². The van der Waals surface area contributed by atoms with Crippen molar-refractivity contribution in [1.82, 2.24) is 0 Å². The van der Waals surface area contributed by atoms with E-state index in [1.165, 1.54) is 5.56 Å². The van der Waals surface area contributed by atoms with Gasteiger partial charge in [-0.15, -0.1) is 6.42 Å². The van der Waals surface area contributed by atoms with Crippen molar-refractivity contribution in [1.29, 1.82) is 0 Å². The minimum atomic E-state index is 0.453. The van der Waals surface area contributed by atoms with Crippen molar-refractivity contribution in [2.24, 2.45) is 4.99 Å². The second-order valence-electron chi connectivity index (χ2n) is 2.53. The Morgan fingerprint density at radius 2 is 2.25 bits per heavy atom. The van der Waals surface area contributed by atoms with Gasteiger partial charge in [-0.3, -0.25) is 4.99 Å². The second kappa shape index (κ2) is 4.35. The average molecular weight is 157 g/mol. The van der Waals surface area contributed by atoms with Crippen LogP contribution in [0.5, 0.6) is 0 Å². The molecule has 0 spiro atoms. The van der Waals surface area contributed by atoms with Crippen molar-refractivity contribution in [3.8, 4) is 12.3 Å². The van der Waals surface area contributed by atoms with Gasteiger partial charge in [-0.25, -0.2) is 0 Å². The highest BCUT2D eigenvalue weighted by Crippen LogP contribution is 2.03. The highest BCUT2D eigenvalue weighted by atomic mass is 14.7. The van der Waals surface area contributed by atoms with Crippen LogP contribution in [0.1, 0.15) is 11.1 Å². The van der Waals surface area contributed by atoms with Crippen LogP contribution in [0.4, 0.5) is 0 Å². The first-order valence-electron chi connectivity index (χ1n) is 3.83. The minimum Gasteiger partial charge on any atom is -0.280 e. The van der Waals surface area contributed by atoms with Crippen LogP contribution in [0.15, 0.2) is 29.3 Å². The van der Waals surface area contributed by atoms with Crippen LogP contribution in [-0.2, 0) is 0 Å². The molecule has 0 saturated heterocycles. The zero-order valence-corrected chi connectivity index (χ0v) is 7.12. The molecule has 1 rings (SSSR count). The van der Waals surface area contributed by atoms with Gasteiger partial charge in [-0.05, 0) is 18.1 Å². The molecule has 12 heavy (non-hydrogen) atoms. The molecule has 0 heterocycles. The van der Waals surface area contributed by atoms with E-state index in [2.05, 4.69) is 23.9 Å². The fourth-order valence-corrected chi connectivity index (χ4v) is 0.928. The van der Waals surface area contributed by atoms with Gasteiger partial charge in [-0.2, -0.15) is 0 Å². The molecule has 1 aromatic rings. The molecule has 0 radical (unpaired) electrons. The predicted molar refractivity (Wildman–Crippen MR) is 52.5 cm³/mol. The summed E-state index contributed by atoms with van der Waals surface area (Å²) in [7, 11) is 0. The molecule has 60 valence electrons. The topological polar surface area (TPSA) is 12.4 Å². The summed E-state index contributed by atoms with van der Waals surface area (Å²) in [5, 5.41) is 0. The maximum Gasteiger partial charge on any atom is 0.0995 e. The number of aliphatic imine (C=N–C) groups is 1. The molecule has 0 aliphatic heterocycles. The van der Waals surface area contributed by atoms with Gasteiger partial charge in [0.2, 0.25) is 0 Å². The number of rotatable bonds is 2. The van der Waals surface area contributed by atoms with Crippen molar-refractivity contribution < 1.29 is 0 Å². The first-order chi connectivity index (χ1) is 5.84. The number of hydrogen-bond donors (Lipinski definition) is 0. The van der Waals surface area contributed by atoms with Gasteiger partial charge in [0.05, 0.1) is 6.54 Å². The monoisotopic (exact) mass is 157 g/mol. The summed E-state index contributed by atoms with van der Waals surface area (Å²) >= 11 is 0. The van der Waals surface area contributed by atoms with Crippen LogP contribution in [0.2, 0.25) is 0 Å². The lowest BCUT2D eigenvalue weighted by molar-refractivity contribution is 1.30. The zero-order valence-electron chi connectivity index (χ0n) is 7.12. The summed E-state index contributed by atoms with van der Waals surface area (Å²) < 4.78 is 0.